The minimum absolute atomic E-state index is 0.0549. The van der Waals surface area contributed by atoms with E-state index >= 15 is 0 Å². The van der Waals surface area contributed by atoms with E-state index < -0.39 is 6.04 Å². The molecule has 156 valence electrons. The third-order valence-corrected chi connectivity index (χ3v) is 4.75. The van der Waals surface area contributed by atoms with Gasteiger partial charge >= 0.3 is 5.97 Å². The molecule has 29 heavy (non-hydrogen) atoms. The normalized spacial score (nSPS) is 11.4. The van der Waals surface area contributed by atoms with E-state index in [9.17, 15) is 9.59 Å². The summed E-state index contributed by atoms with van der Waals surface area (Å²) in [5.74, 6) is 0.144. The van der Waals surface area contributed by atoms with Crippen molar-refractivity contribution in [1.82, 2.24) is 5.32 Å². The summed E-state index contributed by atoms with van der Waals surface area (Å²) >= 11 is 0. The van der Waals surface area contributed by atoms with Crippen molar-refractivity contribution in [1.29, 1.82) is 0 Å². The molecule has 0 aromatic heterocycles. The lowest BCUT2D eigenvalue weighted by Crippen LogP contribution is -2.28. The first-order valence-corrected chi connectivity index (χ1v) is 9.88. The van der Waals surface area contributed by atoms with Crippen molar-refractivity contribution in [2.24, 2.45) is 0 Å². The fourth-order valence-electron chi connectivity index (χ4n) is 3.22. The molecule has 0 spiro atoms. The van der Waals surface area contributed by atoms with Crippen molar-refractivity contribution < 1.29 is 19.1 Å². The van der Waals surface area contributed by atoms with Crippen LogP contribution in [0.25, 0.3) is 0 Å². The number of carbonyl (C=O) groups excluding carboxylic acids is 2. The van der Waals surface area contributed by atoms with Gasteiger partial charge in [0.2, 0.25) is 5.91 Å². The van der Waals surface area contributed by atoms with E-state index in [1.165, 1.54) is 6.92 Å². The molecule has 6 nitrogen and oxygen atoms in total. The Hall–Kier alpha value is -3.02. The summed E-state index contributed by atoms with van der Waals surface area (Å²) in [5.41, 5.74) is 2.85. The van der Waals surface area contributed by atoms with Crippen LogP contribution < -0.4 is 15.0 Å². The fraction of sp³-hybridized carbons (Fsp3) is 0.391. The molecule has 2 rings (SSSR count). The number of anilines is 1. The van der Waals surface area contributed by atoms with Gasteiger partial charge in [-0.1, -0.05) is 30.3 Å². The second-order valence-electron chi connectivity index (χ2n) is 6.69. The van der Waals surface area contributed by atoms with Crippen molar-refractivity contribution in [2.45, 2.75) is 39.8 Å². The van der Waals surface area contributed by atoms with Crippen LogP contribution >= 0.6 is 0 Å². The standard InChI is InChI=1S/C23H30N2O4/c1-5-25(6-2)22-10-8-7-9-19(22)16-29-23(27)15-21(24-17(3)26)18-11-13-20(28-4)14-12-18/h7-14,21H,5-6,15-16H2,1-4H3,(H,24,26). The van der Waals surface area contributed by atoms with Crippen LogP contribution in [0.5, 0.6) is 5.75 Å². The van der Waals surface area contributed by atoms with Crippen LogP contribution in [0.4, 0.5) is 5.69 Å². The number of amides is 1. The summed E-state index contributed by atoms with van der Waals surface area (Å²) in [6.07, 6.45) is 0.0549. The highest BCUT2D eigenvalue weighted by Crippen LogP contribution is 2.23. The number of rotatable bonds is 10. The molecule has 6 heteroatoms. The average Bonchev–Trinajstić information content (AvgIpc) is 2.73. The number of hydrogen-bond acceptors (Lipinski definition) is 5. The molecule has 1 unspecified atom stereocenters. The van der Waals surface area contributed by atoms with Gasteiger partial charge < -0.3 is 19.7 Å². The van der Waals surface area contributed by atoms with E-state index in [4.69, 9.17) is 9.47 Å². The smallest absolute Gasteiger partial charge is 0.308 e. The topological polar surface area (TPSA) is 67.9 Å². The third kappa shape index (κ3) is 6.52. The van der Waals surface area contributed by atoms with Gasteiger partial charge in [-0.2, -0.15) is 0 Å². The number of esters is 1. The quantitative estimate of drug-likeness (QED) is 0.616. The Labute approximate surface area is 172 Å². The zero-order chi connectivity index (χ0) is 21.2. The van der Waals surface area contributed by atoms with E-state index in [-0.39, 0.29) is 24.9 Å². The number of benzene rings is 2. The molecule has 0 aliphatic heterocycles. The molecule has 1 amide bonds. The number of para-hydroxylation sites is 1. The molecule has 0 aliphatic carbocycles. The maximum atomic E-state index is 12.5. The Balaban J connectivity index is 2.06. The molecule has 0 heterocycles. The van der Waals surface area contributed by atoms with E-state index in [1.54, 1.807) is 19.2 Å². The molecule has 0 saturated heterocycles. The van der Waals surface area contributed by atoms with Gasteiger partial charge in [-0.25, -0.2) is 0 Å². The Morgan fingerprint density at radius 3 is 2.28 bits per heavy atom. The summed E-state index contributed by atoms with van der Waals surface area (Å²) in [7, 11) is 1.59. The molecule has 0 radical (unpaired) electrons. The van der Waals surface area contributed by atoms with Crippen LogP contribution in [0.15, 0.2) is 48.5 Å². The van der Waals surface area contributed by atoms with E-state index in [2.05, 4.69) is 24.1 Å². The van der Waals surface area contributed by atoms with Gasteiger partial charge in [0, 0.05) is 31.3 Å². The molecule has 0 fully saturated rings. The largest absolute Gasteiger partial charge is 0.497 e. The lowest BCUT2D eigenvalue weighted by Gasteiger charge is -2.24. The van der Waals surface area contributed by atoms with Crippen LogP contribution in [0.2, 0.25) is 0 Å². The van der Waals surface area contributed by atoms with Crippen molar-refractivity contribution in [3.05, 3.63) is 59.7 Å². The van der Waals surface area contributed by atoms with Gasteiger partial charge in [-0.05, 0) is 37.6 Å². The van der Waals surface area contributed by atoms with Crippen molar-refractivity contribution >= 4 is 17.6 Å². The summed E-state index contributed by atoms with van der Waals surface area (Å²) < 4.78 is 10.7. The second kappa shape index (κ2) is 11.1. The van der Waals surface area contributed by atoms with Crippen LogP contribution in [0.3, 0.4) is 0 Å². The van der Waals surface area contributed by atoms with Crippen LogP contribution in [-0.2, 0) is 20.9 Å². The Bertz CT molecular complexity index is 801. The number of ether oxygens (including phenoxy) is 2. The van der Waals surface area contributed by atoms with Crippen LogP contribution in [0, 0.1) is 0 Å². The fourth-order valence-corrected chi connectivity index (χ4v) is 3.22. The number of methoxy groups -OCH3 is 1. The van der Waals surface area contributed by atoms with E-state index in [0.29, 0.717) is 5.75 Å². The lowest BCUT2D eigenvalue weighted by atomic mass is 10.0. The number of hydrogen-bond donors (Lipinski definition) is 1. The highest BCUT2D eigenvalue weighted by Gasteiger charge is 2.19. The van der Waals surface area contributed by atoms with Crippen molar-refractivity contribution in [3.8, 4) is 5.75 Å². The van der Waals surface area contributed by atoms with Gasteiger partial charge in [0.25, 0.3) is 0 Å². The van der Waals surface area contributed by atoms with Gasteiger partial charge in [-0.3, -0.25) is 9.59 Å². The molecule has 0 bridgehead atoms. The molecule has 0 saturated carbocycles. The second-order valence-corrected chi connectivity index (χ2v) is 6.69. The molecule has 1 N–H and O–H groups in total. The predicted molar refractivity (Wildman–Crippen MR) is 114 cm³/mol. The number of nitrogens with zero attached hydrogens (tertiary/aromatic N) is 1. The van der Waals surface area contributed by atoms with Gasteiger partial charge in [0.1, 0.15) is 12.4 Å². The zero-order valence-corrected chi connectivity index (χ0v) is 17.6. The maximum absolute atomic E-state index is 12.5. The molecule has 0 aliphatic rings. The molecule has 1 atom stereocenters. The van der Waals surface area contributed by atoms with Crippen LogP contribution in [-0.4, -0.2) is 32.1 Å². The average molecular weight is 399 g/mol. The number of nitrogens with one attached hydrogen (secondary N) is 1. The summed E-state index contributed by atoms with van der Waals surface area (Å²) in [6.45, 7) is 7.58. The van der Waals surface area contributed by atoms with Crippen molar-refractivity contribution in [2.75, 3.05) is 25.1 Å². The van der Waals surface area contributed by atoms with Crippen LogP contribution in [0.1, 0.15) is 44.4 Å². The van der Waals surface area contributed by atoms with Crippen molar-refractivity contribution in [3.63, 3.8) is 0 Å². The predicted octanol–water partition coefficient (Wildman–Crippen LogP) is 3.85. The summed E-state index contributed by atoms with van der Waals surface area (Å²) in [5, 5.41) is 2.82. The highest BCUT2D eigenvalue weighted by molar-refractivity contribution is 5.76. The Kier molecular flexibility index (Phi) is 8.52. The summed E-state index contributed by atoms with van der Waals surface area (Å²) in [4.78, 5) is 26.3. The lowest BCUT2D eigenvalue weighted by molar-refractivity contribution is -0.145. The van der Waals surface area contributed by atoms with E-state index in [0.717, 1.165) is 29.9 Å². The minimum atomic E-state index is -0.455. The monoisotopic (exact) mass is 398 g/mol. The van der Waals surface area contributed by atoms with Gasteiger partial charge in [-0.15, -0.1) is 0 Å². The zero-order valence-electron chi connectivity index (χ0n) is 17.6. The number of carbonyl (C=O) groups is 2. The van der Waals surface area contributed by atoms with Gasteiger partial charge in [0.05, 0.1) is 19.6 Å². The maximum Gasteiger partial charge on any atom is 0.308 e. The Morgan fingerprint density at radius 2 is 1.69 bits per heavy atom. The molecule has 2 aromatic rings. The first-order valence-electron chi connectivity index (χ1n) is 9.88. The minimum Gasteiger partial charge on any atom is -0.497 e. The Morgan fingerprint density at radius 1 is 1.03 bits per heavy atom. The third-order valence-electron chi connectivity index (χ3n) is 4.75. The highest BCUT2D eigenvalue weighted by atomic mass is 16.5. The van der Waals surface area contributed by atoms with Gasteiger partial charge in [0.15, 0.2) is 0 Å². The first-order chi connectivity index (χ1) is 14.0. The first kappa shape index (κ1) is 22.3. The van der Waals surface area contributed by atoms with E-state index in [1.807, 2.05) is 36.4 Å². The molecule has 2 aromatic carbocycles. The molecular weight excluding hydrogens is 368 g/mol. The SMILES string of the molecule is CCN(CC)c1ccccc1COC(=O)CC(NC(C)=O)c1ccc(OC)cc1. The summed E-state index contributed by atoms with van der Waals surface area (Å²) in [6, 6.07) is 14.7. The molecular formula is C23H30N2O4.